The molecule has 2 aromatic rings. The topological polar surface area (TPSA) is 22.1 Å². The molecule has 106 valence electrons. The molecule has 0 aliphatic rings. The van der Waals surface area contributed by atoms with Crippen LogP contribution in [0.4, 0.5) is 0 Å². The number of rotatable bonds is 6. The quantitative estimate of drug-likeness (QED) is 0.756. The summed E-state index contributed by atoms with van der Waals surface area (Å²) >= 11 is 0. The Labute approximate surface area is 121 Å². The Morgan fingerprint density at radius 3 is 2.70 bits per heavy atom. The summed E-state index contributed by atoms with van der Waals surface area (Å²) in [5, 5.41) is 0. The van der Waals surface area contributed by atoms with Crippen LogP contribution in [0.25, 0.3) is 11.3 Å². The first kappa shape index (κ1) is 14.6. The molecule has 0 fully saturated rings. The lowest BCUT2D eigenvalue weighted by Crippen LogP contribution is -1.99. The van der Waals surface area contributed by atoms with Crippen molar-refractivity contribution in [3.63, 3.8) is 0 Å². The van der Waals surface area contributed by atoms with E-state index in [-0.39, 0.29) is 0 Å². The molecule has 0 aliphatic heterocycles. The summed E-state index contributed by atoms with van der Waals surface area (Å²) in [6, 6.07) is 12.3. The van der Waals surface area contributed by atoms with Gasteiger partial charge in [0, 0.05) is 11.8 Å². The van der Waals surface area contributed by atoms with Gasteiger partial charge in [-0.1, -0.05) is 38.5 Å². The van der Waals surface area contributed by atoms with Gasteiger partial charge in [-0.2, -0.15) is 0 Å². The van der Waals surface area contributed by atoms with Crippen molar-refractivity contribution in [3.05, 3.63) is 48.2 Å². The molecule has 0 N–H and O–H groups in total. The number of pyridine rings is 1. The minimum absolute atomic E-state index is 0.751. The molecule has 1 aromatic heterocycles. The number of ether oxygens (including phenoxy) is 1. The number of methoxy groups -OCH3 is 1. The van der Waals surface area contributed by atoms with Crippen LogP contribution in [0.2, 0.25) is 0 Å². The second kappa shape index (κ2) is 7.09. The number of para-hydroxylation sites is 1. The molecular weight excluding hydrogens is 246 g/mol. The van der Waals surface area contributed by atoms with Gasteiger partial charge in [-0.3, -0.25) is 4.98 Å². The van der Waals surface area contributed by atoms with Crippen LogP contribution in [0.1, 0.15) is 32.3 Å². The van der Waals surface area contributed by atoms with Crippen molar-refractivity contribution >= 4 is 0 Å². The average Bonchev–Trinajstić information content (AvgIpc) is 2.52. The van der Waals surface area contributed by atoms with Crippen LogP contribution in [-0.4, -0.2) is 12.1 Å². The van der Waals surface area contributed by atoms with Crippen LogP contribution >= 0.6 is 0 Å². The predicted octanol–water partition coefficient (Wildman–Crippen LogP) is 4.74. The number of aromatic nitrogens is 1. The minimum Gasteiger partial charge on any atom is -0.496 e. The summed E-state index contributed by atoms with van der Waals surface area (Å²) in [4.78, 5) is 4.58. The van der Waals surface area contributed by atoms with Crippen molar-refractivity contribution in [2.45, 2.75) is 33.1 Å². The highest BCUT2D eigenvalue weighted by Gasteiger charge is 2.11. The highest BCUT2D eigenvalue weighted by Crippen LogP contribution is 2.31. The van der Waals surface area contributed by atoms with Crippen molar-refractivity contribution in [3.8, 4) is 17.0 Å². The van der Waals surface area contributed by atoms with Crippen LogP contribution in [0.15, 0.2) is 42.6 Å². The Bertz CT molecular complexity index is 551. The summed E-state index contributed by atoms with van der Waals surface area (Å²) in [5.41, 5.74) is 3.43. The second-order valence-corrected chi connectivity index (χ2v) is 5.26. The lowest BCUT2D eigenvalue weighted by atomic mass is 9.96. The maximum absolute atomic E-state index is 5.46. The largest absolute Gasteiger partial charge is 0.496 e. The molecule has 0 saturated heterocycles. The van der Waals surface area contributed by atoms with Gasteiger partial charge in [0.25, 0.3) is 0 Å². The smallest absolute Gasteiger partial charge is 0.128 e. The molecule has 2 nitrogen and oxygen atoms in total. The van der Waals surface area contributed by atoms with Crippen LogP contribution in [0.5, 0.6) is 5.75 Å². The van der Waals surface area contributed by atoms with E-state index in [1.54, 1.807) is 7.11 Å². The number of aryl methyl sites for hydroxylation is 1. The molecule has 1 aromatic carbocycles. The third kappa shape index (κ3) is 3.38. The molecule has 0 aliphatic carbocycles. The van der Waals surface area contributed by atoms with Gasteiger partial charge in [-0.15, -0.1) is 0 Å². The molecular formula is C18H23NO. The van der Waals surface area contributed by atoms with Gasteiger partial charge in [0.1, 0.15) is 5.75 Å². The molecule has 0 amide bonds. The van der Waals surface area contributed by atoms with Crippen LogP contribution < -0.4 is 4.74 Å². The predicted molar refractivity (Wildman–Crippen MR) is 84.0 cm³/mol. The molecule has 0 bridgehead atoms. The molecule has 1 unspecified atom stereocenters. The van der Waals surface area contributed by atoms with Crippen LogP contribution in [0.3, 0.4) is 0 Å². The molecule has 20 heavy (non-hydrogen) atoms. The minimum atomic E-state index is 0.751. The molecule has 1 heterocycles. The maximum atomic E-state index is 5.46. The molecule has 2 rings (SSSR count). The Morgan fingerprint density at radius 1 is 1.15 bits per heavy atom. The zero-order valence-electron chi connectivity index (χ0n) is 12.6. The maximum Gasteiger partial charge on any atom is 0.128 e. The van der Waals surface area contributed by atoms with Gasteiger partial charge in [-0.05, 0) is 42.5 Å². The summed E-state index contributed by atoms with van der Waals surface area (Å²) in [6.45, 7) is 4.55. The lowest BCUT2D eigenvalue weighted by Gasteiger charge is -2.13. The number of hydrogen-bond acceptors (Lipinski definition) is 2. The normalized spacial score (nSPS) is 12.2. The van der Waals surface area contributed by atoms with Crippen molar-refractivity contribution < 1.29 is 4.74 Å². The third-order valence-corrected chi connectivity index (χ3v) is 3.86. The lowest BCUT2D eigenvalue weighted by molar-refractivity contribution is 0.416. The zero-order chi connectivity index (χ0) is 14.4. The van der Waals surface area contributed by atoms with E-state index in [9.17, 15) is 0 Å². The van der Waals surface area contributed by atoms with E-state index in [2.05, 4.69) is 31.0 Å². The number of hydrogen-bond donors (Lipinski definition) is 0. The number of nitrogens with zero attached hydrogens (tertiary/aromatic N) is 1. The molecule has 1 atom stereocenters. The average molecular weight is 269 g/mol. The molecule has 0 radical (unpaired) electrons. The van der Waals surface area contributed by atoms with E-state index in [0.717, 1.165) is 29.3 Å². The van der Waals surface area contributed by atoms with Crippen LogP contribution in [0, 0.1) is 5.92 Å². The first-order valence-electron chi connectivity index (χ1n) is 7.33. The van der Waals surface area contributed by atoms with Crippen LogP contribution in [-0.2, 0) is 6.42 Å². The fourth-order valence-electron chi connectivity index (χ4n) is 2.33. The van der Waals surface area contributed by atoms with Gasteiger partial charge in [-0.25, -0.2) is 0 Å². The first-order valence-corrected chi connectivity index (χ1v) is 7.33. The van der Waals surface area contributed by atoms with E-state index in [0.29, 0.717) is 0 Å². The van der Waals surface area contributed by atoms with E-state index in [4.69, 9.17) is 4.74 Å². The first-order chi connectivity index (χ1) is 9.76. The monoisotopic (exact) mass is 269 g/mol. The Hall–Kier alpha value is -1.83. The van der Waals surface area contributed by atoms with Gasteiger partial charge < -0.3 is 4.74 Å². The fourth-order valence-corrected chi connectivity index (χ4v) is 2.33. The van der Waals surface area contributed by atoms with E-state index in [1.165, 1.54) is 18.4 Å². The Balaban J connectivity index is 2.32. The Kier molecular flexibility index (Phi) is 5.16. The van der Waals surface area contributed by atoms with Gasteiger partial charge >= 0.3 is 0 Å². The fraction of sp³-hybridized carbons (Fsp3) is 0.389. The van der Waals surface area contributed by atoms with Crippen molar-refractivity contribution in [2.24, 2.45) is 5.92 Å². The highest BCUT2D eigenvalue weighted by atomic mass is 16.5. The Morgan fingerprint density at radius 2 is 1.95 bits per heavy atom. The van der Waals surface area contributed by atoms with E-state index >= 15 is 0 Å². The molecule has 2 heteroatoms. The standard InChI is InChI=1S/C18H23NO/c1-4-14(2)11-12-15-8-7-13-19-18(15)16-9-5-6-10-17(16)20-3/h5-10,13-14H,4,11-12H2,1-3H3. The molecule has 0 spiro atoms. The van der Waals surface area contributed by atoms with Gasteiger partial charge in [0.15, 0.2) is 0 Å². The van der Waals surface area contributed by atoms with E-state index in [1.807, 2.05) is 30.5 Å². The second-order valence-electron chi connectivity index (χ2n) is 5.26. The molecule has 0 saturated carbocycles. The van der Waals surface area contributed by atoms with Crippen molar-refractivity contribution in [2.75, 3.05) is 7.11 Å². The van der Waals surface area contributed by atoms with Gasteiger partial charge in [0.2, 0.25) is 0 Å². The summed E-state index contributed by atoms with van der Waals surface area (Å²) in [5.74, 6) is 1.64. The van der Waals surface area contributed by atoms with Gasteiger partial charge in [0.05, 0.1) is 12.8 Å². The van der Waals surface area contributed by atoms with E-state index < -0.39 is 0 Å². The zero-order valence-corrected chi connectivity index (χ0v) is 12.6. The SMILES string of the molecule is CCC(C)CCc1cccnc1-c1ccccc1OC. The highest BCUT2D eigenvalue weighted by molar-refractivity contribution is 5.69. The third-order valence-electron chi connectivity index (χ3n) is 3.86. The summed E-state index contributed by atoms with van der Waals surface area (Å²) < 4.78 is 5.46. The summed E-state index contributed by atoms with van der Waals surface area (Å²) in [6.07, 6.45) is 5.35. The van der Waals surface area contributed by atoms with Crippen molar-refractivity contribution in [1.82, 2.24) is 4.98 Å². The number of benzene rings is 1. The summed E-state index contributed by atoms with van der Waals surface area (Å²) in [7, 11) is 1.71. The van der Waals surface area contributed by atoms with Crippen molar-refractivity contribution in [1.29, 1.82) is 0 Å².